The van der Waals surface area contributed by atoms with E-state index in [1.807, 2.05) is 4.98 Å². The number of alkyl halides is 2. The van der Waals surface area contributed by atoms with E-state index in [0.717, 1.165) is 13.3 Å². The number of methoxy groups -OCH3 is 1. The van der Waals surface area contributed by atoms with Gasteiger partial charge in [0.2, 0.25) is 0 Å². The van der Waals surface area contributed by atoms with Crippen LogP contribution >= 0.6 is 0 Å². The zero-order valence-electron chi connectivity index (χ0n) is 8.29. The lowest BCUT2D eigenvalue weighted by Gasteiger charge is -2.08. The van der Waals surface area contributed by atoms with Crippen LogP contribution in [-0.4, -0.2) is 23.2 Å². The Bertz CT molecular complexity index is 455. The van der Waals surface area contributed by atoms with Crippen LogP contribution in [0, 0.1) is 0 Å². The Hall–Kier alpha value is -1.92. The highest BCUT2D eigenvalue weighted by Crippen LogP contribution is 2.29. The summed E-state index contributed by atoms with van der Waals surface area (Å²) in [6.07, 6.45) is -2.90. The monoisotopic (exact) mass is 233 g/mol. The molecule has 0 spiro atoms. The standard InChI is InChI=1S/C9H9F2NO4/c1-16-6(14)2-4-7(8(10)11)5(13)3-12-9(4)15/h3,8,13H,2H2,1H3,(H,12,15). The van der Waals surface area contributed by atoms with Crippen molar-refractivity contribution in [2.75, 3.05) is 7.11 Å². The van der Waals surface area contributed by atoms with Gasteiger partial charge in [0.15, 0.2) is 0 Å². The summed E-state index contributed by atoms with van der Waals surface area (Å²) in [5.74, 6) is -1.59. The van der Waals surface area contributed by atoms with Crippen molar-refractivity contribution in [3.63, 3.8) is 0 Å². The Labute approximate surface area is 88.7 Å². The summed E-state index contributed by atoms with van der Waals surface area (Å²) in [7, 11) is 1.07. The van der Waals surface area contributed by atoms with Gasteiger partial charge < -0.3 is 14.8 Å². The summed E-state index contributed by atoms with van der Waals surface area (Å²) in [6, 6.07) is 0. The molecule has 0 aliphatic rings. The second-order valence-corrected chi connectivity index (χ2v) is 2.95. The highest BCUT2D eigenvalue weighted by Gasteiger charge is 2.22. The van der Waals surface area contributed by atoms with Crippen molar-refractivity contribution in [1.29, 1.82) is 0 Å². The van der Waals surface area contributed by atoms with Crippen LogP contribution in [0.4, 0.5) is 8.78 Å². The predicted octanol–water partition coefficient (Wildman–Crippen LogP) is 0.734. The molecule has 1 rings (SSSR count). The fourth-order valence-corrected chi connectivity index (χ4v) is 1.21. The Morgan fingerprint density at radius 3 is 2.75 bits per heavy atom. The van der Waals surface area contributed by atoms with E-state index in [9.17, 15) is 18.4 Å². The first-order valence-electron chi connectivity index (χ1n) is 4.25. The molecule has 0 atom stereocenters. The first-order chi connectivity index (χ1) is 7.47. The van der Waals surface area contributed by atoms with E-state index in [2.05, 4.69) is 4.74 Å². The van der Waals surface area contributed by atoms with Gasteiger partial charge in [0, 0.05) is 11.8 Å². The molecule has 0 unspecified atom stereocenters. The van der Waals surface area contributed by atoms with Gasteiger partial charge >= 0.3 is 5.97 Å². The van der Waals surface area contributed by atoms with Crippen molar-refractivity contribution in [2.24, 2.45) is 0 Å². The lowest BCUT2D eigenvalue weighted by molar-refractivity contribution is -0.139. The second kappa shape index (κ2) is 4.73. The molecule has 88 valence electrons. The van der Waals surface area contributed by atoms with E-state index in [-0.39, 0.29) is 0 Å². The first-order valence-corrected chi connectivity index (χ1v) is 4.25. The third-order valence-electron chi connectivity index (χ3n) is 1.98. The molecule has 5 nitrogen and oxygen atoms in total. The van der Waals surface area contributed by atoms with E-state index in [4.69, 9.17) is 5.11 Å². The Morgan fingerprint density at radius 2 is 2.25 bits per heavy atom. The molecule has 2 N–H and O–H groups in total. The maximum absolute atomic E-state index is 12.6. The summed E-state index contributed by atoms with van der Waals surface area (Å²) < 4.78 is 29.4. The van der Waals surface area contributed by atoms with Crippen LogP contribution in [0.3, 0.4) is 0 Å². The quantitative estimate of drug-likeness (QED) is 0.754. The lowest BCUT2D eigenvalue weighted by atomic mass is 10.1. The number of ether oxygens (including phenoxy) is 1. The van der Waals surface area contributed by atoms with Crippen molar-refractivity contribution in [3.8, 4) is 5.75 Å². The van der Waals surface area contributed by atoms with Gasteiger partial charge in [-0.25, -0.2) is 8.78 Å². The summed E-state index contributed by atoms with van der Waals surface area (Å²) in [4.78, 5) is 24.2. The lowest BCUT2D eigenvalue weighted by Crippen LogP contribution is -2.19. The zero-order valence-corrected chi connectivity index (χ0v) is 8.29. The van der Waals surface area contributed by atoms with Gasteiger partial charge in [0.05, 0.1) is 19.1 Å². The van der Waals surface area contributed by atoms with Gasteiger partial charge in [-0.2, -0.15) is 0 Å². The molecule has 1 heterocycles. The normalized spacial score (nSPS) is 10.5. The number of carbonyl (C=O) groups is 1. The Kier molecular flexibility index (Phi) is 3.60. The van der Waals surface area contributed by atoms with Gasteiger partial charge in [-0.05, 0) is 0 Å². The van der Waals surface area contributed by atoms with Crippen molar-refractivity contribution >= 4 is 5.97 Å². The van der Waals surface area contributed by atoms with Crippen molar-refractivity contribution in [2.45, 2.75) is 12.8 Å². The molecule has 0 bridgehead atoms. The molecule has 0 amide bonds. The number of hydrogen-bond donors (Lipinski definition) is 2. The Balaban J connectivity index is 3.29. The number of rotatable bonds is 3. The van der Waals surface area contributed by atoms with Gasteiger partial charge in [-0.1, -0.05) is 0 Å². The molecule has 0 fully saturated rings. The number of halogens is 2. The van der Waals surface area contributed by atoms with Crippen LogP contribution in [-0.2, 0) is 16.0 Å². The average molecular weight is 233 g/mol. The van der Waals surface area contributed by atoms with Gasteiger partial charge in [-0.3, -0.25) is 9.59 Å². The van der Waals surface area contributed by atoms with Crippen LogP contribution in [0.25, 0.3) is 0 Å². The predicted molar refractivity (Wildman–Crippen MR) is 49.4 cm³/mol. The van der Waals surface area contributed by atoms with E-state index < -0.39 is 41.3 Å². The van der Waals surface area contributed by atoms with Crippen LogP contribution < -0.4 is 5.56 Å². The molecular weight excluding hydrogens is 224 g/mol. The largest absolute Gasteiger partial charge is 0.506 e. The number of H-pyrrole nitrogens is 1. The molecule has 0 aliphatic heterocycles. The molecule has 1 aromatic rings. The highest BCUT2D eigenvalue weighted by molar-refractivity contribution is 5.73. The van der Waals surface area contributed by atoms with Crippen molar-refractivity contribution < 1.29 is 23.4 Å². The number of pyridine rings is 1. The molecular formula is C9H9F2NO4. The van der Waals surface area contributed by atoms with Gasteiger partial charge in [0.25, 0.3) is 12.0 Å². The minimum atomic E-state index is -3.04. The first kappa shape index (κ1) is 12.2. The fourth-order valence-electron chi connectivity index (χ4n) is 1.21. The molecule has 0 saturated carbocycles. The third-order valence-corrected chi connectivity index (χ3v) is 1.98. The SMILES string of the molecule is COC(=O)Cc1c(C(F)F)c(O)c[nH]c1=O. The van der Waals surface area contributed by atoms with E-state index in [1.165, 1.54) is 0 Å². The van der Waals surface area contributed by atoms with E-state index in [1.54, 1.807) is 0 Å². The zero-order chi connectivity index (χ0) is 12.3. The number of nitrogens with one attached hydrogen (secondary N) is 1. The van der Waals surface area contributed by atoms with Gasteiger partial charge in [0.1, 0.15) is 5.75 Å². The molecule has 0 aromatic carbocycles. The molecule has 0 saturated heterocycles. The summed E-state index contributed by atoms with van der Waals surface area (Å²) >= 11 is 0. The third kappa shape index (κ3) is 2.36. The van der Waals surface area contributed by atoms with Crippen LogP contribution in [0.1, 0.15) is 17.6 Å². The minimum absolute atomic E-state index is 0.484. The number of esters is 1. The summed E-state index contributed by atoms with van der Waals surface area (Å²) in [5.41, 5.74) is -2.17. The molecule has 0 radical (unpaired) electrons. The fraction of sp³-hybridized carbons (Fsp3) is 0.333. The van der Waals surface area contributed by atoms with Crippen LogP contribution in [0.5, 0.6) is 5.75 Å². The number of carbonyl (C=O) groups excluding carboxylic acids is 1. The maximum Gasteiger partial charge on any atom is 0.310 e. The topological polar surface area (TPSA) is 79.4 Å². The van der Waals surface area contributed by atoms with Crippen molar-refractivity contribution in [3.05, 3.63) is 27.7 Å². The minimum Gasteiger partial charge on any atom is -0.506 e. The van der Waals surface area contributed by atoms with Crippen LogP contribution in [0.2, 0.25) is 0 Å². The maximum atomic E-state index is 12.6. The number of aromatic hydroxyl groups is 1. The molecule has 16 heavy (non-hydrogen) atoms. The number of hydrogen-bond acceptors (Lipinski definition) is 4. The molecule has 7 heteroatoms. The Morgan fingerprint density at radius 1 is 1.62 bits per heavy atom. The van der Waals surface area contributed by atoms with Crippen LogP contribution in [0.15, 0.2) is 11.0 Å². The number of aromatic nitrogens is 1. The second-order valence-electron chi connectivity index (χ2n) is 2.95. The van der Waals surface area contributed by atoms with Gasteiger partial charge in [-0.15, -0.1) is 0 Å². The van der Waals surface area contributed by atoms with E-state index >= 15 is 0 Å². The molecule has 0 aliphatic carbocycles. The molecule has 1 aromatic heterocycles. The summed E-state index contributed by atoms with van der Waals surface area (Å²) in [5, 5.41) is 9.17. The van der Waals surface area contributed by atoms with E-state index in [0.29, 0.717) is 0 Å². The summed E-state index contributed by atoms with van der Waals surface area (Å²) in [6.45, 7) is 0. The number of aromatic amines is 1. The smallest absolute Gasteiger partial charge is 0.310 e. The average Bonchev–Trinajstić information content (AvgIpc) is 2.22. The highest BCUT2D eigenvalue weighted by atomic mass is 19.3. The van der Waals surface area contributed by atoms with Crippen molar-refractivity contribution in [1.82, 2.24) is 4.98 Å².